The van der Waals surface area contributed by atoms with Crippen molar-refractivity contribution < 1.29 is 14.3 Å². The van der Waals surface area contributed by atoms with Crippen LogP contribution in [0.5, 0.6) is 0 Å². The van der Waals surface area contributed by atoms with E-state index < -0.39 is 0 Å². The molecule has 3 heterocycles. The van der Waals surface area contributed by atoms with Gasteiger partial charge in [-0.2, -0.15) is 0 Å². The summed E-state index contributed by atoms with van der Waals surface area (Å²) in [5.74, 6) is -0.0554. The van der Waals surface area contributed by atoms with Gasteiger partial charge in [0, 0.05) is 37.5 Å². The fourth-order valence-corrected chi connectivity index (χ4v) is 3.92. The molecule has 1 unspecified atom stereocenters. The van der Waals surface area contributed by atoms with Crippen molar-refractivity contribution in [3.05, 3.63) is 10.6 Å². The van der Waals surface area contributed by atoms with Gasteiger partial charge in [-0.15, -0.1) is 11.3 Å². The molecule has 0 radical (unpaired) electrons. The number of hydrogen-bond acceptors (Lipinski definition) is 6. The summed E-state index contributed by atoms with van der Waals surface area (Å²) in [5, 5.41) is 6.31. The number of amides is 2. The van der Waals surface area contributed by atoms with Crippen molar-refractivity contribution in [2.75, 3.05) is 31.6 Å². The van der Waals surface area contributed by atoms with Crippen LogP contribution in [0.25, 0.3) is 0 Å². The van der Waals surface area contributed by atoms with E-state index in [9.17, 15) is 9.59 Å². The summed E-state index contributed by atoms with van der Waals surface area (Å²) in [6.45, 7) is 5.15. The van der Waals surface area contributed by atoms with Crippen LogP contribution in [0, 0.1) is 0 Å². The van der Waals surface area contributed by atoms with Gasteiger partial charge in [0.2, 0.25) is 5.91 Å². The summed E-state index contributed by atoms with van der Waals surface area (Å²) >= 11 is 1.49. The minimum Gasteiger partial charge on any atom is -0.368 e. The molecule has 126 valence electrons. The lowest BCUT2D eigenvalue weighted by Crippen LogP contribution is -2.39. The number of carbonyl (C=O) groups is 2. The fraction of sp³-hybridized carbons (Fsp3) is 0.667. The maximum Gasteiger partial charge on any atom is 0.255 e. The molecule has 0 aliphatic carbocycles. The lowest BCUT2D eigenvalue weighted by Gasteiger charge is -2.24. The SMILES string of the molecule is CCNC(=O)CN1CCc2nc(NC(=O)C3CCCO3)sc2C1. The van der Waals surface area contributed by atoms with Crippen LogP contribution in [-0.4, -0.2) is 54.0 Å². The molecule has 1 aromatic rings. The predicted molar refractivity (Wildman–Crippen MR) is 87.4 cm³/mol. The number of anilines is 1. The molecule has 2 N–H and O–H groups in total. The van der Waals surface area contributed by atoms with Gasteiger partial charge in [0.15, 0.2) is 5.13 Å². The van der Waals surface area contributed by atoms with Gasteiger partial charge in [0.05, 0.1) is 12.2 Å². The Morgan fingerprint density at radius 2 is 2.35 bits per heavy atom. The van der Waals surface area contributed by atoms with Crippen molar-refractivity contribution in [2.45, 2.75) is 38.8 Å². The zero-order valence-corrected chi connectivity index (χ0v) is 14.1. The van der Waals surface area contributed by atoms with Crippen LogP contribution >= 0.6 is 11.3 Å². The topological polar surface area (TPSA) is 83.6 Å². The van der Waals surface area contributed by atoms with Crippen LogP contribution in [-0.2, 0) is 27.3 Å². The molecular formula is C15H22N4O3S. The Labute approximate surface area is 139 Å². The summed E-state index contributed by atoms with van der Waals surface area (Å²) < 4.78 is 5.38. The molecule has 7 nitrogen and oxygen atoms in total. The number of nitrogens with one attached hydrogen (secondary N) is 2. The third kappa shape index (κ3) is 4.07. The predicted octanol–water partition coefficient (Wildman–Crippen LogP) is 0.755. The van der Waals surface area contributed by atoms with Crippen molar-refractivity contribution in [3.63, 3.8) is 0 Å². The smallest absolute Gasteiger partial charge is 0.255 e. The molecule has 1 aromatic heterocycles. The first kappa shape index (κ1) is 16.4. The summed E-state index contributed by atoms with van der Waals surface area (Å²) in [7, 11) is 0. The van der Waals surface area contributed by atoms with E-state index in [-0.39, 0.29) is 17.9 Å². The van der Waals surface area contributed by atoms with Gasteiger partial charge in [0.1, 0.15) is 6.10 Å². The highest BCUT2D eigenvalue weighted by Crippen LogP contribution is 2.28. The number of nitrogens with zero attached hydrogens (tertiary/aromatic N) is 2. The average Bonchev–Trinajstić information content (AvgIpc) is 3.15. The van der Waals surface area contributed by atoms with Gasteiger partial charge in [-0.25, -0.2) is 4.98 Å². The molecule has 1 saturated heterocycles. The molecule has 0 bridgehead atoms. The zero-order chi connectivity index (χ0) is 16.2. The van der Waals surface area contributed by atoms with Crippen LogP contribution in [0.15, 0.2) is 0 Å². The van der Waals surface area contributed by atoms with Crippen LogP contribution in [0.3, 0.4) is 0 Å². The Hall–Kier alpha value is -1.51. The summed E-state index contributed by atoms with van der Waals surface area (Å²) in [5.41, 5.74) is 1.03. The van der Waals surface area contributed by atoms with Crippen LogP contribution < -0.4 is 10.6 Å². The number of hydrogen-bond donors (Lipinski definition) is 2. The molecule has 2 aliphatic heterocycles. The number of aromatic nitrogens is 1. The molecule has 23 heavy (non-hydrogen) atoms. The second-order valence-electron chi connectivity index (χ2n) is 5.79. The Morgan fingerprint density at radius 1 is 1.48 bits per heavy atom. The lowest BCUT2D eigenvalue weighted by atomic mass is 10.2. The highest BCUT2D eigenvalue weighted by Gasteiger charge is 2.26. The van der Waals surface area contributed by atoms with E-state index in [1.165, 1.54) is 11.3 Å². The quantitative estimate of drug-likeness (QED) is 0.828. The van der Waals surface area contributed by atoms with E-state index in [4.69, 9.17) is 4.74 Å². The Balaban J connectivity index is 1.57. The van der Waals surface area contributed by atoms with Gasteiger partial charge in [-0.3, -0.25) is 19.8 Å². The molecule has 0 saturated carbocycles. The van der Waals surface area contributed by atoms with Crippen molar-refractivity contribution in [3.8, 4) is 0 Å². The third-order valence-electron chi connectivity index (χ3n) is 4.00. The molecule has 0 spiro atoms. The standard InChI is InChI=1S/C15H22N4O3S/c1-2-16-13(20)9-19-6-5-10-12(8-19)23-15(17-10)18-14(21)11-4-3-7-22-11/h11H,2-9H2,1H3,(H,16,20)(H,17,18,21). The van der Waals surface area contributed by atoms with Gasteiger partial charge in [0.25, 0.3) is 5.91 Å². The van der Waals surface area contributed by atoms with E-state index in [0.29, 0.717) is 31.4 Å². The molecular weight excluding hydrogens is 316 g/mol. The summed E-state index contributed by atoms with van der Waals surface area (Å²) in [6, 6.07) is 0. The molecule has 1 atom stereocenters. The van der Waals surface area contributed by atoms with E-state index in [2.05, 4.69) is 20.5 Å². The largest absolute Gasteiger partial charge is 0.368 e. The van der Waals surface area contributed by atoms with E-state index in [1.54, 1.807) is 0 Å². The van der Waals surface area contributed by atoms with Crippen LogP contribution in [0.4, 0.5) is 5.13 Å². The normalized spacial score (nSPS) is 21.0. The first-order valence-electron chi connectivity index (χ1n) is 8.06. The Kier molecular flexibility index (Phi) is 5.24. The number of fused-ring (bicyclic) bond motifs is 1. The van der Waals surface area contributed by atoms with Crippen molar-refractivity contribution in [1.29, 1.82) is 0 Å². The van der Waals surface area contributed by atoms with Gasteiger partial charge in [-0.05, 0) is 19.8 Å². The summed E-state index contributed by atoms with van der Waals surface area (Å²) in [6.07, 6.45) is 2.17. The number of ether oxygens (including phenoxy) is 1. The molecule has 3 rings (SSSR count). The molecule has 0 aromatic carbocycles. The monoisotopic (exact) mass is 338 g/mol. The molecule has 8 heteroatoms. The average molecular weight is 338 g/mol. The second-order valence-corrected chi connectivity index (χ2v) is 6.88. The molecule has 1 fully saturated rings. The first-order chi connectivity index (χ1) is 11.2. The second kappa shape index (κ2) is 7.37. The minimum absolute atomic E-state index is 0.0485. The highest BCUT2D eigenvalue weighted by molar-refractivity contribution is 7.15. The maximum atomic E-state index is 12.1. The maximum absolute atomic E-state index is 12.1. The van der Waals surface area contributed by atoms with Crippen LogP contribution in [0.1, 0.15) is 30.3 Å². The van der Waals surface area contributed by atoms with E-state index in [0.717, 1.165) is 36.4 Å². The third-order valence-corrected chi connectivity index (χ3v) is 5.00. The van der Waals surface area contributed by atoms with Crippen molar-refractivity contribution in [1.82, 2.24) is 15.2 Å². The number of rotatable bonds is 5. The molecule has 2 amide bonds. The van der Waals surface area contributed by atoms with Crippen molar-refractivity contribution in [2.24, 2.45) is 0 Å². The van der Waals surface area contributed by atoms with E-state index >= 15 is 0 Å². The minimum atomic E-state index is -0.342. The highest BCUT2D eigenvalue weighted by atomic mass is 32.1. The van der Waals surface area contributed by atoms with E-state index in [1.807, 2.05) is 6.92 Å². The lowest BCUT2D eigenvalue weighted by molar-refractivity contribution is -0.124. The summed E-state index contributed by atoms with van der Waals surface area (Å²) in [4.78, 5) is 31.5. The first-order valence-corrected chi connectivity index (χ1v) is 8.87. The van der Waals surface area contributed by atoms with Crippen molar-refractivity contribution >= 4 is 28.3 Å². The van der Waals surface area contributed by atoms with Gasteiger partial charge >= 0.3 is 0 Å². The fourth-order valence-electron chi connectivity index (χ4n) is 2.86. The Bertz CT molecular complexity index is 583. The number of likely N-dealkylation sites (N-methyl/N-ethyl adjacent to an activating group) is 1. The van der Waals surface area contributed by atoms with Gasteiger partial charge < -0.3 is 10.1 Å². The Morgan fingerprint density at radius 3 is 3.09 bits per heavy atom. The zero-order valence-electron chi connectivity index (χ0n) is 13.3. The number of thiazole rings is 1. The van der Waals surface area contributed by atoms with Crippen LogP contribution in [0.2, 0.25) is 0 Å². The molecule has 2 aliphatic rings. The number of carbonyl (C=O) groups excluding carboxylic acids is 2. The van der Waals surface area contributed by atoms with Gasteiger partial charge in [-0.1, -0.05) is 0 Å².